The second-order valence-corrected chi connectivity index (χ2v) is 4.58. The van der Waals surface area contributed by atoms with Gasteiger partial charge in [-0.2, -0.15) is 8.78 Å². The molecule has 0 atom stereocenters. The molecule has 0 amide bonds. The Hall–Kier alpha value is -1.16. The molecule has 96 valence electrons. The number of rotatable bonds is 6. The van der Waals surface area contributed by atoms with E-state index in [0.29, 0.717) is 6.54 Å². The third-order valence-corrected chi connectivity index (χ3v) is 2.83. The molecule has 1 aromatic carbocycles. The zero-order chi connectivity index (χ0) is 12.9. The number of benzene rings is 1. The summed E-state index contributed by atoms with van der Waals surface area (Å²) in [7, 11) is 0. The number of halogens is 2. The molecule has 0 aliphatic rings. The van der Waals surface area contributed by atoms with E-state index in [1.165, 1.54) is 0 Å². The molecule has 0 spiro atoms. The number of para-hydroxylation sites is 1. The maximum Gasteiger partial charge on any atom is 0.387 e. The predicted molar refractivity (Wildman–Crippen MR) is 64.3 cm³/mol. The van der Waals surface area contributed by atoms with E-state index in [1.807, 2.05) is 6.07 Å². The summed E-state index contributed by atoms with van der Waals surface area (Å²) in [6, 6.07) is 6.85. The van der Waals surface area contributed by atoms with Gasteiger partial charge < -0.3 is 10.1 Å². The highest BCUT2D eigenvalue weighted by Crippen LogP contribution is 2.21. The second kappa shape index (κ2) is 5.96. The first-order chi connectivity index (χ1) is 7.94. The van der Waals surface area contributed by atoms with E-state index in [0.717, 1.165) is 12.0 Å². The number of hydrogen-bond acceptors (Lipinski definition) is 2. The molecule has 0 heterocycles. The molecular weight excluding hydrogens is 224 g/mol. The van der Waals surface area contributed by atoms with E-state index in [4.69, 9.17) is 0 Å². The lowest BCUT2D eigenvalue weighted by Gasteiger charge is -2.25. The van der Waals surface area contributed by atoms with Gasteiger partial charge in [-0.1, -0.05) is 25.1 Å². The molecule has 1 aromatic rings. The molecular formula is C13H19F2NO. The van der Waals surface area contributed by atoms with Crippen LogP contribution in [-0.2, 0) is 6.54 Å². The Labute approximate surface area is 101 Å². The molecule has 0 radical (unpaired) electrons. The zero-order valence-electron chi connectivity index (χ0n) is 10.5. The van der Waals surface area contributed by atoms with Crippen LogP contribution in [0.5, 0.6) is 5.75 Å². The quantitative estimate of drug-likeness (QED) is 0.824. The second-order valence-electron chi connectivity index (χ2n) is 4.58. The smallest absolute Gasteiger partial charge is 0.387 e. The van der Waals surface area contributed by atoms with E-state index in [-0.39, 0.29) is 11.3 Å². The maximum absolute atomic E-state index is 12.2. The van der Waals surface area contributed by atoms with Crippen molar-refractivity contribution in [2.75, 3.05) is 0 Å². The summed E-state index contributed by atoms with van der Waals surface area (Å²) in [5, 5.41) is 3.31. The predicted octanol–water partition coefficient (Wildman–Crippen LogP) is 3.57. The summed E-state index contributed by atoms with van der Waals surface area (Å²) in [4.78, 5) is 0. The van der Waals surface area contributed by atoms with Gasteiger partial charge in [0.25, 0.3) is 0 Å². The van der Waals surface area contributed by atoms with Crippen molar-refractivity contribution >= 4 is 0 Å². The van der Waals surface area contributed by atoms with Crippen molar-refractivity contribution < 1.29 is 13.5 Å². The van der Waals surface area contributed by atoms with Gasteiger partial charge >= 0.3 is 6.61 Å². The Kier molecular flexibility index (Phi) is 4.87. The third kappa shape index (κ3) is 4.69. The lowest BCUT2D eigenvalue weighted by molar-refractivity contribution is -0.0505. The number of hydrogen-bond donors (Lipinski definition) is 1. The summed E-state index contributed by atoms with van der Waals surface area (Å²) < 4.78 is 28.9. The van der Waals surface area contributed by atoms with Gasteiger partial charge in [0, 0.05) is 17.6 Å². The standard InChI is InChI=1S/C13H19F2NO/c1-4-13(2,3)16-9-10-7-5-6-8-11(10)17-12(14)15/h5-8,12,16H,4,9H2,1-3H3. The van der Waals surface area contributed by atoms with Crippen molar-refractivity contribution in [3.63, 3.8) is 0 Å². The first kappa shape index (κ1) is 13.9. The van der Waals surface area contributed by atoms with Crippen molar-refractivity contribution in [3.8, 4) is 5.75 Å². The molecule has 0 saturated heterocycles. The van der Waals surface area contributed by atoms with Crippen LogP contribution in [-0.4, -0.2) is 12.2 Å². The van der Waals surface area contributed by atoms with E-state index in [9.17, 15) is 8.78 Å². The minimum atomic E-state index is -2.78. The average molecular weight is 243 g/mol. The number of nitrogens with one attached hydrogen (secondary N) is 1. The van der Waals surface area contributed by atoms with Crippen LogP contribution < -0.4 is 10.1 Å². The molecule has 17 heavy (non-hydrogen) atoms. The summed E-state index contributed by atoms with van der Waals surface area (Å²) in [5.41, 5.74) is 0.729. The summed E-state index contributed by atoms with van der Waals surface area (Å²) >= 11 is 0. The first-order valence-electron chi connectivity index (χ1n) is 5.72. The van der Waals surface area contributed by atoms with Gasteiger partial charge in [0.15, 0.2) is 0 Å². The molecule has 1 rings (SSSR count). The van der Waals surface area contributed by atoms with Gasteiger partial charge in [0.1, 0.15) is 5.75 Å². The molecule has 0 aromatic heterocycles. The van der Waals surface area contributed by atoms with Crippen LogP contribution in [0.4, 0.5) is 8.78 Å². The van der Waals surface area contributed by atoms with Crippen molar-refractivity contribution in [1.82, 2.24) is 5.32 Å². The highest BCUT2D eigenvalue weighted by Gasteiger charge is 2.15. The Morgan fingerprint density at radius 1 is 1.29 bits per heavy atom. The van der Waals surface area contributed by atoms with Gasteiger partial charge in [-0.3, -0.25) is 0 Å². The Morgan fingerprint density at radius 2 is 1.94 bits per heavy atom. The largest absolute Gasteiger partial charge is 0.434 e. The number of alkyl halides is 2. The normalized spacial score (nSPS) is 11.9. The lowest BCUT2D eigenvalue weighted by atomic mass is 10.0. The topological polar surface area (TPSA) is 21.3 Å². The van der Waals surface area contributed by atoms with Gasteiger partial charge in [-0.05, 0) is 26.3 Å². The van der Waals surface area contributed by atoms with E-state index in [1.54, 1.807) is 18.2 Å². The molecule has 4 heteroatoms. The monoisotopic (exact) mass is 243 g/mol. The summed E-state index contributed by atoms with van der Waals surface area (Å²) in [5.74, 6) is 0.238. The van der Waals surface area contributed by atoms with Crippen LogP contribution in [0.1, 0.15) is 32.8 Å². The van der Waals surface area contributed by atoms with Crippen molar-refractivity contribution in [2.24, 2.45) is 0 Å². The number of ether oxygens (including phenoxy) is 1. The molecule has 0 saturated carbocycles. The molecule has 0 aliphatic carbocycles. The Morgan fingerprint density at radius 3 is 2.53 bits per heavy atom. The van der Waals surface area contributed by atoms with E-state index in [2.05, 4.69) is 30.8 Å². The highest BCUT2D eigenvalue weighted by molar-refractivity contribution is 5.33. The molecule has 0 bridgehead atoms. The Balaban J connectivity index is 2.70. The molecule has 0 unspecified atom stereocenters. The van der Waals surface area contributed by atoms with Gasteiger partial charge in [0.2, 0.25) is 0 Å². The van der Waals surface area contributed by atoms with Crippen molar-refractivity contribution in [2.45, 2.75) is 45.9 Å². The van der Waals surface area contributed by atoms with Crippen LogP contribution in [0, 0.1) is 0 Å². The van der Waals surface area contributed by atoms with Gasteiger partial charge in [-0.15, -0.1) is 0 Å². The van der Waals surface area contributed by atoms with E-state index < -0.39 is 6.61 Å². The zero-order valence-corrected chi connectivity index (χ0v) is 10.5. The van der Waals surface area contributed by atoms with Gasteiger partial charge in [-0.25, -0.2) is 0 Å². The summed E-state index contributed by atoms with van der Waals surface area (Å²) in [6.45, 7) is 3.96. The average Bonchev–Trinajstić information content (AvgIpc) is 2.27. The minimum Gasteiger partial charge on any atom is -0.434 e. The molecule has 1 N–H and O–H groups in total. The molecule has 0 fully saturated rings. The van der Waals surface area contributed by atoms with Gasteiger partial charge in [0.05, 0.1) is 0 Å². The van der Waals surface area contributed by atoms with Crippen LogP contribution >= 0.6 is 0 Å². The fourth-order valence-electron chi connectivity index (χ4n) is 1.32. The molecule has 0 aliphatic heterocycles. The SMILES string of the molecule is CCC(C)(C)NCc1ccccc1OC(F)F. The minimum absolute atomic E-state index is 0.0159. The molecule has 2 nitrogen and oxygen atoms in total. The summed E-state index contributed by atoms with van der Waals surface area (Å²) in [6.07, 6.45) is 0.963. The Bertz CT molecular complexity index is 353. The van der Waals surface area contributed by atoms with Crippen molar-refractivity contribution in [3.05, 3.63) is 29.8 Å². The fraction of sp³-hybridized carbons (Fsp3) is 0.538. The fourth-order valence-corrected chi connectivity index (χ4v) is 1.32. The highest BCUT2D eigenvalue weighted by atomic mass is 19.3. The maximum atomic E-state index is 12.2. The lowest BCUT2D eigenvalue weighted by Crippen LogP contribution is -2.37. The van der Waals surface area contributed by atoms with Crippen LogP contribution in [0.25, 0.3) is 0 Å². The van der Waals surface area contributed by atoms with Crippen molar-refractivity contribution in [1.29, 1.82) is 0 Å². The van der Waals surface area contributed by atoms with Crippen LogP contribution in [0.2, 0.25) is 0 Å². The van der Waals surface area contributed by atoms with E-state index >= 15 is 0 Å². The third-order valence-electron chi connectivity index (χ3n) is 2.83. The van der Waals surface area contributed by atoms with Crippen LogP contribution in [0.3, 0.4) is 0 Å². The van der Waals surface area contributed by atoms with Crippen LogP contribution in [0.15, 0.2) is 24.3 Å². The first-order valence-corrected chi connectivity index (χ1v) is 5.72.